The number of ether oxygens (including phenoxy) is 1. The molecule has 1 amide bonds. The number of aromatic amines is 1. The highest BCUT2D eigenvalue weighted by molar-refractivity contribution is 6.33. The fourth-order valence-corrected chi connectivity index (χ4v) is 3.05. The second kappa shape index (κ2) is 6.88. The van der Waals surface area contributed by atoms with Gasteiger partial charge in [0.05, 0.1) is 31.0 Å². The molecule has 1 aromatic heterocycles. The van der Waals surface area contributed by atoms with Crippen molar-refractivity contribution in [2.75, 3.05) is 26.3 Å². The van der Waals surface area contributed by atoms with E-state index in [2.05, 4.69) is 10.2 Å². The van der Waals surface area contributed by atoms with Gasteiger partial charge in [-0.15, -0.1) is 0 Å². The molecule has 6 nitrogen and oxygen atoms in total. The number of morpholine rings is 1. The lowest BCUT2D eigenvalue weighted by Crippen LogP contribution is -2.56. The van der Waals surface area contributed by atoms with E-state index in [1.807, 2.05) is 0 Å². The molecule has 8 heteroatoms. The van der Waals surface area contributed by atoms with E-state index in [1.165, 1.54) is 18.3 Å². The molecule has 2 heterocycles. The topological polar surface area (TPSA) is 78.5 Å². The largest absolute Gasteiger partial charge is 0.393 e. The maximum absolute atomic E-state index is 13.4. The van der Waals surface area contributed by atoms with Gasteiger partial charge in [-0.2, -0.15) is 5.10 Å². The van der Waals surface area contributed by atoms with Gasteiger partial charge in [0.2, 0.25) is 0 Å². The van der Waals surface area contributed by atoms with Gasteiger partial charge in [-0.05, 0) is 17.7 Å². The van der Waals surface area contributed by atoms with Gasteiger partial charge in [0.1, 0.15) is 17.1 Å². The number of halogens is 2. The Morgan fingerprint density at radius 2 is 2.38 bits per heavy atom. The van der Waals surface area contributed by atoms with Crippen LogP contribution in [0.5, 0.6) is 0 Å². The Morgan fingerprint density at radius 1 is 1.54 bits per heavy atom. The van der Waals surface area contributed by atoms with E-state index in [-0.39, 0.29) is 42.2 Å². The van der Waals surface area contributed by atoms with E-state index in [4.69, 9.17) is 16.3 Å². The number of amides is 1. The fourth-order valence-electron chi connectivity index (χ4n) is 2.88. The molecule has 1 atom stereocenters. The molecule has 24 heavy (non-hydrogen) atoms. The van der Waals surface area contributed by atoms with E-state index in [9.17, 15) is 14.3 Å². The minimum absolute atomic E-state index is 0.175. The highest BCUT2D eigenvalue weighted by atomic mass is 35.5. The van der Waals surface area contributed by atoms with Crippen LogP contribution in [-0.4, -0.2) is 58.0 Å². The summed E-state index contributed by atoms with van der Waals surface area (Å²) in [6.45, 7) is 0.532. The summed E-state index contributed by atoms with van der Waals surface area (Å²) in [7, 11) is 0. The zero-order chi connectivity index (χ0) is 17.2. The molecular formula is C16H17ClFN3O3. The maximum Gasteiger partial charge on any atom is 0.273 e. The van der Waals surface area contributed by atoms with Crippen molar-refractivity contribution in [3.8, 4) is 0 Å². The number of hydrogen-bond donors (Lipinski definition) is 2. The van der Waals surface area contributed by atoms with Gasteiger partial charge in [0.15, 0.2) is 0 Å². The molecule has 0 unspecified atom stereocenters. The standard InChI is InChI=1S/C16H17ClFN3O3/c17-13-8-19-20-14(13)15(23)21-4-5-24-16(9-21,10-22)7-11-2-1-3-12(18)6-11/h1-3,6,8,22H,4-5,7,9-10H2,(H,19,20)/t16-/m1/s1. The van der Waals surface area contributed by atoms with Crippen LogP contribution in [0.2, 0.25) is 5.02 Å². The average Bonchev–Trinajstić information content (AvgIpc) is 3.00. The molecular weight excluding hydrogens is 337 g/mol. The number of H-pyrrole nitrogens is 1. The highest BCUT2D eigenvalue weighted by Crippen LogP contribution is 2.25. The Morgan fingerprint density at radius 3 is 3.04 bits per heavy atom. The molecule has 1 aromatic carbocycles. The number of aromatic nitrogens is 2. The molecule has 1 fully saturated rings. The SMILES string of the molecule is O=C(c1[nH]ncc1Cl)N1CCO[C@](CO)(Cc2cccc(F)c2)C1. The molecule has 0 saturated carbocycles. The van der Waals surface area contributed by atoms with E-state index in [1.54, 1.807) is 17.0 Å². The molecule has 0 radical (unpaired) electrons. The van der Waals surface area contributed by atoms with Crippen molar-refractivity contribution in [3.05, 3.63) is 52.6 Å². The van der Waals surface area contributed by atoms with Crippen molar-refractivity contribution in [2.45, 2.75) is 12.0 Å². The first-order valence-electron chi connectivity index (χ1n) is 7.50. The van der Waals surface area contributed by atoms with Crippen molar-refractivity contribution in [1.29, 1.82) is 0 Å². The lowest BCUT2D eigenvalue weighted by molar-refractivity contribution is -0.123. The molecule has 0 bridgehead atoms. The van der Waals surface area contributed by atoms with Crippen LogP contribution < -0.4 is 0 Å². The van der Waals surface area contributed by atoms with Gasteiger partial charge in [-0.1, -0.05) is 23.7 Å². The normalized spacial score (nSPS) is 21.0. The first-order chi connectivity index (χ1) is 11.5. The van der Waals surface area contributed by atoms with Crippen LogP contribution in [-0.2, 0) is 11.2 Å². The number of carbonyl (C=O) groups is 1. The van der Waals surface area contributed by atoms with Gasteiger partial charge in [-0.25, -0.2) is 4.39 Å². The Balaban J connectivity index is 1.79. The lowest BCUT2D eigenvalue weighted by atomic mass is 9.93. The second-order valence-electron chi connectivity index (χ2n) is 5.82. The predicted octanol–water partition coefficient (Wildman–Crippen LogP) is 1.65. The molecule has 0 spiro atoms. The first-order valence-corrected chi connectivity index (χ1v) is 7.88. The number of hydrogen-bond acceptors (Lipinski definition) is 4. The Kier molecular flexibility index (Phi) is 4.84. The highest BCUT2D eigenvalue weighted by Gasteiger charge is 2.39. The van der Waals surface area contributed by atoms with E-state index < -0.39 is 5.60 Å². The summed E-state index contributed by atoms with van der Waals surface area (Å²) < 4.78 is 19.2. The average molecular weight is 354 g/mol. The van der Waals surface area contributed by atoms with Crippen molar-refractivity contribution in [3.63, 3.8) is 0 Å². The van der Waals surface area contributed by atoms with Crippen LogP contribution in [0.1, 0.15) is 16.1 Å². The van der Waals surface area contributed by atoms with Crippen LogP contribution in [0.4, 0.5) is 4.39 Å². The van der Waals surface area contributed by atoms with Crippen LogP contribution >= 0.6 is 11.6 Å². The Hall–Kier alpha value is -1.96. The molecule has 3 rings (SSSR count). The minimum atomic E-state index is -0.978. The van der Waals surface area contributed by atoms with Crippen molar-refractivity contribution in [1.82, 2.24) is 15.1 Å². The summed E-state index contributed by atoms with van der Waals surface area (Å²) in [6.07, 6.45) is 1.66. The first kappa shape index (κ1) is 16.9. The van der Waals surface area contributed by atoms with E-state index in [0.29, 0.717) is 18.5 Å². The van der Waals surface area contributed by atoms with Gasteiger partial charge in [0, 0.05) is 13.0 Å². The van der Waals surface area contributed by atoms with Crippen LogP contribution in [0.3, 0.4) is 0 Å². The van der Waals surface area contributed by atoms with Crippen molar-refractivity contribution in [2.24, 2.45) is 0 Å². The van der Waals surface area contributed by atoms with Gasteiger partial charge >= 0.3 is 0 Å². The Labute approximate surface area is 143 Å². The summed E-state index contributed by atoms with van der Waals surface area (Å²) in [5, 5.41) is 16.4. The van der Waals surface area contributed by atoms with Crippen molar-refractivity contribution >= 4 is 17.5 Å². The third kappa shape index (κ3) is 3.43. The molecule has 128 valence electrons. The van der Waals surface area contributed by atoms with E-state index >= 15 is 0 Å². The number of carbonyl (C=O) groups excluding carboxylic acids is 1. The van der Waals surface area contributed by atoms with Gasteiger partial charge in [-0.3, -0.25) is 9.89 Å². The molecule has 2 aromatic rings. The summed E-state index contributed by atoms with van der Waals surface area (Å²) in [5.74, 6) is -0.661. The van der Waals surface area contributed by atoms with Gasteiger partial charge in [0.25, 0.3) is 5.91 Å². The summed E-state index contributed by atoms with van der Waals surface area (Å²) in [4.78, 5) is 14.1. The predicted molar refractivity (Wildman–Crippen MR) is 85.4 cm³/mol. The quantitative estimate of drug-likeness (QED) is 0.876. The molecule has 1 aliphatic heterocycles. The zero-order valence-corrected chi connectivity index (χ0v) is 13.6. The lowest BCUT2D eigenvalue weighted by Gasteiger charge is -2.41. The maximum atomic E-state index is 13.4. The number of aliphatic hydroxyl groups excluding tert-OH is 1. The number of benzene rings is 1. The number of aliphatic hydroxyl groups is 1. The summed E-state index contributed by atoms with van der Waals surface area (Å²) >= 11 is 5.94. The summed E-state index contributed by atoms with van der Waals surface area (Å²) in [6, 6.07) is 6.11. The number of rotatable bonds is 4. The molecule has 1 aliphatic rings. The Bertz CT molecular complexity index is 739. The monoisotopic (exact) mass is 353 g/mol. The zero-order valence-electron chi connectivity index (χ0n) is 12.8. The van der Waals surface area contributed by atoms with E-state index in [0.717, 1.165) is 0 Å². The third-order valence-electron chi connectivity index (χ3n) is 4.05. The van der Waals surface area contributed by atoms with Crippen molar-refractivity contribution < 1.29 is 19.0 Å². The van der Waals surface area contributed by atoms with Crippen LogP contribution in [0.25, 0.3) is 0 Å². The summed E-state index contributed by atoms with van der Waals surface area (Å²) in [5.41, 5.74) is -0.0807. The number of nitrogens with zero attached hydrogens (tertiary/aromatic N) is 2. The van der Waals surface area contributed by atoms with Crippen LogP contribution in [0, 0.1) is 5.82 Å². The number of nitrogens with one attached hydrogen (secondary N) is 1. The molecule has 0 aliphatic carbocycles. The molecule has 2 N–H and O–H groups in total. The fraction of sp³-hybridized carbons (Fsp3) is 0.375. The van der Waals surface area contributed by atoms with Crippen LogP contribution in [0.15, 0.2) is 30.5 Å². The smallest absolute Gasteiger partial charge is 0.273 e. The molecule has 1 saturated heterocycles. The van der Waals surface area contributed by atoms with Gasteiger partial charge < -0.3 is 14.7 Å². The minimum Gasteiger partial charge on any atom is -0.393 e. The third-order valence-corrected chi connectivity index (χ3v) is 4.33. The second-order valence-corrected chi connectivity index (χ2v) is 6.22.